The standard InChI is InChI=1S/C22H18F4N4O3/c23-14-4-2-13(3-5-14)16-8-19(22(24,25)26)30-20(29-16)15(10-28-30)21(31)27-9-12-1-6-17-18(7-12)33-11-32-17/h1-7,10,16,19,29H,8-9,11H2,(H,27,31)/t16-,19+/m0/s1. The second-order valence-electron chi connectivity index (χ2n) is 7.76. The highest BCUT2D eigenvalue weighted by atomic mass is 19.4. The minimum atomic E-state index is -4.58. The summed E-state index contributed by atoms with van der Waals surface area (Å²) in [7, 11) is 0. The minimum absolute atomic E-state index is 0.0168. The first-order valence-corrected chi connectivity index (χ1v) is 10.1. The van der Waals surface area contributed by atoms with Crippen molar-refractivity contribution >= 4 is 11.7 Å². The number of fused-ring (bicyclic) bond motifs is 2. The maximum Gasteiger partial charge on any atom is 0.410 e. The van der Waals surface area contributed by atoms with Crippen molar-refractivity contribution in [1.29, 1.82) is 0 Å². The summed E-state index contributed by atoms with van der Waals surface area (Å²) in [6.45, 7) is 0.249. The third-order valence-electron chi connectivity index (χ3n) is 5.65. The van der Waals surface area contributed by atoms with Gasteiger partial charge in [-0.05, 0) is 35.4 Å². The molecule has 0 aliphatic carbocycles. The van der Waals surface area contributed by atoms with Gasteiger partial charge >= 0.3 is 6.18 Å². The molecule has 0 spiro atoms. The van der Waals surface area contributed by atoms with Gasteiger partial charge in [-0.2, -0.15) is 18.3 Å². The molecular weight excluding hydrogens is 444 g/mol. The van der Waals surface area contributed by atoms with E-state index in [1.165, 1.54) is 24.3 Å². The lowest BCUT2D eigenvalue weighted by molar-refractivity contribution is -0.173. The number of carbonyl (C=O) groups excluding carboxylic acids is 1. The molecule has 0 saturated carbocycles. The highest BCUT2D eigenvalue weighted by Gasteiger charge is 2.47. The fraction of sp³-hybridized carbons (Fsp3) is 0.273. The summed E-state index contributed by atoms with van der Waals surface area (Å²) < 4.78 is 66.0. The SMILES string of the molecule is O=C(NCc1ccc2c(c1)OCO2)c1cnn2c1N[C@H](c1ccc(F)cc1)C[C@@H]2C(F)(F)F. The lowest BCUT2D eigenvalue weighted by atomic mass is 9.96. The number of carbonyl (C=O) groups is 1. The summed E-state index contributed by atoms with van der Waals surface area (Å²) in [5, 5.41) is 9.52. The molecule has 0 radical (unpaired) electrons. The van der Waals surface area contributed by atoms with Crippen molar-refractivity contribution in [2.24, 2.45) is 0 Å². The molecule has 2 aliphatic heterocycles. The normalized spacial score (nSPS) is 19.0. The molecule has 172 valence electrons. The van der Waals surface area contributed by atoms with Gasteiger partial charge in [-0.3, -0.25) is 4.79 Å². The van der Waals surface area contributed by atoms with Gasteiger partial charge in [-0.15, -0.1) is 0 Å². The van der Waals surface area contributed by atoms with Crippen molar-refractivity contribution in [1.82, 2.24) is 15.1 Å². The molecule has 0 bridgehead atoms. The van der Waals surface area contributed by atoms with Gasteiger partial charge in [0.05, 0.1) is 12.2 Å². The van der Waals surface area contributed by atoms with E-state index in [-0.39, 0.29) is 31.1 Å². The third-order valence-corrected chi connectivity index (χ3v) is 5.65. The number of ether oxygens (including phenoxy) is 2. The predicted molar refractivity (Wildman–Crippen MR) is 108 cm³/mol. The zero-order valence-electron chi connectivity index (χ0n) is 17.0. The molecule has 2 N–H and O–H groups in total. The van der Waals surface area contributed by atoms with Crippen LogP contribution in [0.1, 0.15) is 40.0 Å². The molecule has 33 heavy (non-hydrogen) atoms. The number of nitrogens with zero attached hydrogens (tertiary/aromatic N) is 2. The first-order valence-electron chi connectivity index (χ1n) is 10.1. The van der Waals surface area contributed by atoms with E-state index in [9.17, 15) is 22.4 Å². The topological polar surface area (TPSA) is 77.4 Å². The number of amides is 1. The van der Waals surface area contributed by atoms with Crippen LogP contribution in [-0.4, -0.2) is 28.7 Å². The molecule has 0 fully saturated rings. The summed E-state index contributed by atoms with van der Waals surface area (Å²) in [5.41, 5.74) is 1.19. The van der Waals surface area contributed by atoms with Crippen LogP contribution in [0.5, 0.6) is 11.5 Å². The number of halogens is 4. The van der Waals surface area contributed by atoms with Crippen molar-refractivity contribution in [2.75, 3.05) is 12.1 Å². The van der Waals surface area contributed by atoms with Gasteiger partial charge in [0.2, 0.25) is 6.79 Å². The Balaban J connectivity index is 1.39. The summed E-state index contributed by atoms with van der Waals surface area (Å²) >= 11 is 0. The molecule has 1 amide bonds. The van der Waals surface area contributed by atoms with E-state index in [0.717, 1.165) is 16.4 Å². The Labute approximate surface area is 185 Å². The molecule has 3 aromatic rings. The minimum Gasteiger partial charge on any atom is -0.454 e. The fourth-order valence-corrected chi connectivity index (χ4v) is 3.97. The Morgan fingerprint density at radius 2 is 1.91 bits per heavy atom. The number of benzene rings is 2. The van der Waals surface area contributed by atoms with Crippen LogP contribution in [0.4, 0.5) is 23.4 Å². The molecule has 1 aromatic heterocycles. The molecule has 0 saturated heterocycles. The number of nitrogens with one attached hydrogen (secondary N) is 2. The van der Waals surface area contributed by atoms with Gasteiger partial charge in [-0.25, -0.2) is 9.07 Å². The van der Waals surface area contributed by atoms with E-state index in [2.05, 4.69) is 15.7 Å². The molecule has 3 heterocycles. The number of hydrogen-bond acceptors (Lipinski definition) is 5. The zero-order chi connectivity index (χ0) is 23.2. The van der Waals surface area contributed by atoms with E-state index in [4.69, 9.17) is 9.47 Å². The summed E-state index contributed by atoms with van der Waals surface area (Å²) in [4.78, 5) is 12.8. The predicted octanol–water partition coefficient (Wildman–Crippen LogP) is 4.34. The molecule has 0 unspecified atom stereocenters. The Morgan fingerprint density at radius 3 is 2.67 bits per heavy atom. The molecule has 2 aromatic carbocycles. The first-order chi connectivity index (χ1) is 15.8. The molecular formula is C22H18F4N4O3. The smallest absolute Gasteiger partial charge is 0.410 e. The van der Waals surface area contributed by atoms with Gasteiger partial charge in [0.25, 0.3) is 5.91 Å². The van der Waals surface area contributed by atoms with Crippen molar-refractivity contribution in [3.63, 3.8) is 0 Å². The van der Waals surface area contributed by atoms with Crippen molar-refractivity contribution in [2.45, 2.75) is 31.2 Å². The highest BCUT2D eigenvalue weighted by molar-refractivity contribution is 5.98. The summed E-state index contributed by atoms with van der Waals surface area (Å²) in [6, 6.07) is 7.70. The lowest BCUT2D eigenvalue weighted by Gasteiger charge is -2.34. The van der Waals surface area contributed by atoms with Crippen LogP contribution in [-0.2, 0) is 6.54 Å². The van der Waals surface area contributed by atoms with Crippen LogP contribution in [0.15, 0.2) is 48.7 Å². The zero-order valence-corrected chi connectivity index (χ0v) is 17.0. The second-order valence-corrected chi connectivity index (χ2v) is 7.76. The Kier molecular flexibility index (Phi) is 5.10. The lowest BCUT2D eigenvalue weighted by Crippen LogP contribution is -2.36. The van der Waals surface area contributed by atoms with Crippen LogP contribution < -0.4 is 20.1 Å². The Morgan fingerprint density at radius 1 is 1.15 bits per heavy atom. The van der Waals surface area contributed by atoms with Gasteiger partial charge in [0.15, 0.2) is 17.5 Å². The largest absolute Gasteiger partial charge is 0.454 e. The average Bonchev–Trinajstić information content (AvgIpc) is 3.43. The quantitative estimate of drug-likeness (QED) is 0.564. The maximum absolute atomic E-state index is 13.8. The van der Waals surface area contributed by atoms with Crippen LogP contribution in [0.2, 0.25) is 0 Å². The average molecular weight is 462 g/mol. The Hall–Kier alpha value is -3.76. The monoisotopic (exact) mass is 462 g/mol. The van der Waals surface area contributed by atoms with Crippen LogP contribution in [0, 0.1) is 5.82 Å². The third kappa shape index (κ3) is 4.06. The van der Waals surface area contributed by atoms with Gasteiger partial charge in [0.1, 0.15) is 17.2 Å². The maximum atomic E-state index is 13.8. The van der Waals surface area contributed by atoms with E-state index in [1.807, 2.05) is 0 Å². The highest BCUT2D eigenvalue weighted by Crippen LogP contribution is 2.44. The van der Waals surface area contributed by atoms with Crippen LogP contribution in [0.25, 0.3) is 0 Å². The van der Waals surface area contributed by atoms with E-state index in [0.29, 0.717) is 17.1 Å². The molecule has 5 rings (SSSR count). The molecule has 11 heteroatoms. The van der Waals surface area contributed by atoms with Crippen LogP contribution >= 0.6 is 0 Å². The molecule has 2 atom stereocenters. The molecule has 7 nitrogen and oxygen atoms in total. The summed E-state index contributed by atoms with van der Waals surface area (Å²) in [5.74, 6) is 0.0465. The fourth-order valence-electron chi connectivity index (χ4n) is 3.97. The first kappa shape index (κ1) is 21.1. The Bertz CT molecular complexity index is 1190. The van der Waals surface area contributed by atoms with E-state index < -0.39 is 30.0 Å². The number of hydrogen-bond donors (Lipinski definition) is 2. The van der Waals surface area contributed by atoms with Crippen molar-refractivity contribution in [3.05, 3.63) is 71.2 Å². The second kappa shape index (κ2) is 7.98. The number of alkyl halides is 3. The van der Waals surface area contributed by atoms with Crippen LogP contribution in [0.3, 0.4) is 0 Å². The number of rotatable bonds is 4. The molecule has 2 aliphatic rings. The van der Waals surface area contributed by atoms with Gasteiger partial charge < -0.3 is 20.1 Å². The summed E-state index contributed by atoms with van der Waals surface area (Å²) in [6.07, 6.45) is -3.81. The van der Waals surface area contributed by atoms with E-state index in [1.54, 1.807) is 18.2 Å². The van der Waals surface area contributed by atoms with E-state index >= 15 is 0 Å². The number of anilines is 1. The van der Waals surface area contributed by atoms with Gasteiger partial charge in [0, 0.05) is 13.0 Å². The van der Waals surface area contributed by atoms with Crippen molar-refractivity contribution in [3.8, 4) is 11.5 Å². The van der Waals surface area contributed by atoms with Crippen molar-refractivity contribution < 1.29 is 31.8 Å². The van der Waals surface area contributed by atoms with Gasteiger partial charge in [-0.1, -0.05) is 18.2 Å². The number of aromatic nitrogens is 2.